The van der Waals surface area contributed by atoms with E-state index < -0.39 is 10.0 Å². The van der Waals surface area contributed by atoms with Crippen LogP contribution in [0.15, 0.2) is 53.4 Å². The summed E-state index contributed by atoms with van der Waals surface area (Å²) in [4.78, 5) is 11.3. The molecule has 0 fully saturated rings. The first kappa shape index (κ1) is 20.0. The normalized spacial score (nSPS) is 11.7. The first-order valence-corrected chi connectivity index (χ1v) is 10.6. The highest BCUT2D eigenvalue weighted by Crippen LogP contribution is 2.24. The van der Waals surface area contributed by atoms with Gasteiger partial charge in [0, 0.05) is 6.54 Å². The predicted molar refractivity (Wildman–Crippen MR) is 113 cm³/mol. The molecular formula is C20H25N5O2S. The Morgan fingerprint density at radius 3 is 2.14 bits per heavy atom. The average Bonchev–Trinajstić information content (AvgIpc) is 2.65. The molecule has 3 aromatic rings. The van der Waals surface area contributed by atoms with Gasteiger partial charge in [0.2, 0.25) is 0 Å². The molecule has 0 bridgehead atoms. The summed E-state index contributed by atoms with van der Waals surface area (Å²) in [5.74, 6) is 0.622. The van der Waals surface area contributed by atoms with Gasteiger partial charge in [-0.15, -0.1) is 0 Å². The van der Waals surface area contributed by atoms with Gasteiger partial charge in [-0.2, -0.15) is 0 Å². The molecule has 0 aliphatic carbocycles. The summed E-state index contributed by atoms with van der Waals surface area (Å²) in [6.07, 6.45) is 0.895. The molecule has 0 saturated heterocycles. The summed E-state index contributed by atoms with van der Waals surface area (Å²) >= 11 is 0. The van der Waals surface area contributed by atoms with Crippen LogP contribution >= 0.6 is 0 Å². The van der Waals surface area contributed by atoms with E-state index in [4.69, 9.17) is 0 Å². The van der Waals surface area contributed by atoms with E-state index >= 15 is 0 Å². The molecule has 0 spiro atoms. The van der Waals surface area contributed by atoms with Crippen LogP contribution in [0.3, 0.4) is 0 Å². The largest absolute Gasteiger partial charge is 0.367 e. The number of rotatable bonds is 8. The molecule has 2 aromatic carbocycles. The second-order valence-electron chi connectivity index (χ2n) is 6.91. The minimum atomic E-state index is -3.77. The Morgan fingerprint density at radius 2 is 1.54 bits per heavy atom. The summed E-state index contributed by atoms with van der Waals surface area (Å²) in [7, 11) is 0.256. The zero-order valence-corrected chi connectivity index (χ0v) is 17.1. The number of nitrogens with one attached hydrogen (secondary N) is 2. The summed E-state index contributed by atoms with van der Waals surface area (Å²) in [5, 5.41) is 3.22. The van der Waals surface area contributed by atoms with Crippen LogP contribution in [0, 0.1) is 6.92 Å². The molecule has 1 heterocycles. The number of aryl methyl sites for hydroxylation is 1. The van der Waals surface area contributed by atoms with Gasteiger partial charge in [-0.1, -0.05) is 29.8 Å². The highest BCUT2D eigenvalue weighted by molar-refractivity contribution is 7.92. The Morgan fingerprint density at radius 1 is 0.929 bits per heavy atom. The second kappa shape index (κ2) is 8.53. The van der Waals surface area contributed by atoms with Crippen molar-refractivity contribution in [2.24, 2.45) is 0 Å². The van der Waals surface area contributed by atoms with E-state index in [0.29, 0.717) is 23.4 Å². The molecule has 0 atom stereocenters. The van der Waals surface area contributed by atoms with E-state index in [1.54, 1.807) is 24.3 Å². The summed E-state index contributed by atoms with van der Waals surface area (Å²) < 4.78 is 28.2. The number of fused-ring (bicyclic) bond motifs is 1. The lowest BCUT2D eigenvalue weighted by atomic mass is 10.2. The highest BCUT2D eigenvalue weighted by atomic mass is 32.2. The number of aromatic nitrogens is 2. The van der Waals surface area contributed by atoms with Crippen LogP contribution < -0.4 is 10.0 Å². The molecule has 0 aliphatic rings. The Balaban J connectivity index is 1.91. The van der Waals surface area contributed by atoms with Crippen LogP contribution in [0.5, 0.6) is 0 Å². The van der Waals surface area contributed by atoms with Gasteiger partial charge in [0.05, 0.1) is 15.9 Å². The summed E-state index contributed by atoms with van der Waals surface area (Å²) in [6.45, 7) is 3.48. The SMILES string of the molecule is Cc1ccc(S(=O)(=O)Nc2nc3ccccc3nc2NCCCN(C)C)cc1. The fourth-order valence-electron chi connectivity index (χ4n) is 2.70. The monoisotopic (exact) mass is 399 g/mol. The van der Waals surface area contributed by atoms with Gasteiger partial charge >= 0.3 is 0 Å². The van der Waals surface area contributed by atoms with Crippen molar-refractivity contribution < 1.29 is 8.42 Å². The Kier molecular flexibility index (Phi) is 6.11. The molecule has 0 unspecified atom stereocenters. The molecule has 28 heavy (non-hydrogen) atoms. The van der Waals surface area contributed by atoms with E-state index in [-0.39, 0.29) is 10.7 Å². The van der Waals surface area contributed by atoms with Crippen molar-refractivity contribution in [3.05, 3.63) is 54.1 Å². The molecule has 8 heteroatoms. The number of hydrogen-bond donors (Lipinski definition) is 2. The maximum atomic E-state index is 12.8. The molecule has 2 N–H and O–H groups in total. The lowest BCUT2D eigenvalue weighted by Gasteiger charge is -2.15. The third-order valence-electron chi connectivity index (χ3n) is 4.21. The Bertz CT molecular complexity index is 1050. The molecule has 3 rings (SSSR count). The van der Waals surface area contributed by atoms with Crippen molar-refractivity contribution in [3.8, 4) is 0 Å². The molecule has 1 aromatic heterocycles. The van der Waals surface area contributed by atoms with Gasteiger partial charge < -0.3 is 10.2 Å². The average molecular weight is 400 g/mol. The molecule has 0 aliphatic heterocycles. The van der Waals surface area contributed by atoms with Crippen molar-refractivity contribution in [1.82, 2.24) is 14.9 Å². The van der Waals surface area contributed by atoms with Gasteiger partial charge in [-0.05, 0) is 58.3 Å². The molecular weight excluding hydrogens is 374 g/mol. The summed E-state index contributed by atoms with van der Waals surface area (Å²) in [5.41, 5.74) is 2.33. The second-order valence-corrected chi connectivity index (χ2v) is 8.59. The standard InChI is InChI=1S/C20H25N5O2S/c1-15-9-11-16(12-10-15)28(26,27)24-20-19(21-13-6-14-25(2)3)22-17-7-4-5-8-18(17)23-20/h4-5,7-12H,6,13-14H2,1-3H3,(H,21,22)(H,23,24). The number of benzene rings is 2. The lowest BCUT2D eigenvalue weighted by Crippen LogP contribution is -2.19. The van der Waals surface area contributed by atoms with Crippen molar-refractivity contribution in [2.75, 3.05) is 37.2 Å². The Labute approximate surface area is 165 Å². The molecule has 148 valence electrons. The van der Waals surface area contributed by atoms with Crippen molar-refractivity contribution >= 4 is 32.7 Å². The number of para-hydroxylation sites is 2. The number of sulfonamides is 1. The number of nitrogens with zero attached hydrogens (tertiary/aromatic N) is 3. The first-order chi connectivity index (χ1) is 13.3. The van der Waals surface area contributed by atoms with Crippen molar-refractivity contribution in [2.45, 2.75) is 18.2 Å². The van der Waals surface area contributed by atoms with Crippen molar-refractivity contribution in [3.63, 3.8) is 0 Å². The van der Waals surface area contributed by atoms with Gasteiger partial charge in [0.25, 0.3) is 10.0 Å². The van der Waals surface area contributed by atoms with Crippen LogP contribution in [0.25, 0.3) is 11.0 Å². The van der Waals surface area contributed by atoms with E-state index in [1.165, 1.54) is 0 Å². The first-order valence-electron chi connectivity index (χ1n) is 9.10. The van der Waals surface area contributed by atoms with E-state index in [1.807, 2.05) is 45.3 Å². The molecule has 0 amide bonds. The molecule has 0 saturated carbocycles. The van der Waals surface area contributed by atoms with Gasteiger partial charge in [-0.3, -0.25) is 4.72 Å². The van der Waals surface area contributed by atoms with Gasteiger partial charge in [0.1, 0.15) is 0 Å². The van der Waals surface area contributed by atoms with E-state index in [9.17, 15) is 8.42 Å². The molecule has 0 radical (unpaired) electrons. The number of hydrogen-bond acceptors (Lipinski definition) is 6. The van der Waals surface area contributed by atoms with Crippen LogP contribution in [-0.4, -0.2) is 50.5 Å². The Hall–Kier alpha value is -2.71. The van der Waals surface area contributed by atoms with E-state index in [2.05, 4.69) is 24.9 Å². The maximum Gasteiger partial charge on any atom is 0.263 e. The minimum Gasteiger partial charge on any atom is -0.367 e. The number of anilines is 2. The zero-order valence-electron chi connectivity index (χ0n) is 16.3. The maximum absolute atomic E-state index is 12.8. The van der Waals surface area contributed by atoms with Gasteiger partial charge in [-0.25, -0.2) is 18.4 Å². The third-order valence-corrected chi connectivity index (χ3v) is 5.56. The fraction of sp³-hybridized carbons (Fsp3) is 0.300. The third kappa shape index (κ3) is 4.96. The minimum absolute atomic E-state index is 0.187. The smallest absolute Gasteiger partial charge is 0.263 e. The van der Waals surface area contributed by atoms with Crippen molar-refractivity contribution in [1.29, 1.82) is 0 Å². The van der Waals surface area contributed by atoms with Crippen LogP contribution in [0.2, 0.25) is 0 Å². The fourth-order valence-corrected chi connectivity index (χ4v) is 3.71. The topological polar surface area (TPSA) is 87.2 Å². The highest BCUT2D eigenvalue weighted by Gasteiger charge is 2.18. The van der Waals surface area contributed by atoms with Gasteiger partial charge in [0.15, 0.2) is 11.6 Å². The predicted octanol–water partition coefficient (Wildman–Crippen LogP) is 3.10. The van der Waals surface area contributed by atoms with Crippen LogP contribution in [0.4, 0.5) is 11.6 Å². The zero-order chi connectivity index (χ0) is 20.1. The van der Waals surface area contributed by atoms with Crippen LogP contribution in [0.1, 0.15) is 12.0 Å². The summed E-state index contributed by atoms with van der Waals surface area (Å²) in [6, 6.07) is 14.1. The van der Waals surface area contributed by atoms with Crippen LogP contribution in [-0.2, 0) is 10.0 Å². The van der Waals surface area contributed by atoms with E-state index in [0.717, 1.165) is 18.5 Å². The lowest BCUT2D eigenvalue weighted by molar-refractivity contribution is 0.405. The quantitative estimate of drug-likeness (QED) is 0.566. The molecule has 7 nitrogen and oxygen atoms in total.